The smallest absolute Gasteiger partial charge is 0.0160 e. The Bertz CT molecular complexity index is 155. The van der Waals surface area contributed by atoms with Gasteiger partial charge >= 0.3 is 0 Å². The molecule has 0 aromatic rings. The SMILES string of the molecule is C=CCN(CC)CCC(CN)CC(C)C. The van der Waals surface area contributed by atoms with Crippen molar-refractivity contribution in [1.82, 2.24) is 4.90 Å². The van der Waals surface area contributed by atoms with Crippen LogP contribution in [0.25, 0.3) is 0 Å². The summed E-state index contributed by atoms with van der Waals surface area (Å²) in [5, 5.41) is 0. The second-order valence-electron chi connectivity index (χ2n) is 4.70. The van der Waals surface area contributed by atoms with Crippen LogP contribution in [0.4, 0.5) is 0 Å². The topological polar surface area (TPSA) is 29.3 Å². The number of likely N-dealkylation sites (N-methyl/N-ethyl adjacent to an activating group) is 1. The van der Waals surface area contributed by atoms with Gasteiger partial charge in [0.25, 0.3) is 0 Å². The van der Waals surface area contributed by atoms with Gasteiger partial charge in [-0.3, -0.25) is 4.90 Å². The largest absolute Gasteiger partial charge is 0.330 e. The Morgan fingerprint density at radius 3 is 2.47 bits per heavy atom. The fourth-order valence-corrected chi connectivity index (χ4v) is 1.92. The van der Waals surface area contributed by atoms with Gasteiger partial charge in [-0.2, -0.15) is 0 Å². The fraction of sp³-hybridized carbons (Fsp3) is 0.846. The van der Waals surface area contributed by atoms with Gasteiger partial charge in [0.2, 0.25) is 0 Å². The van der Waals surface area contributed by atoms with Gasteiger partial charge in [-0.05, 0) is 44.3 Å². The molecule has 2 nitrogen and oxygen atoms in total. The number of nitrogens with zero attached hydrogens (tertiary/aromatic N) is 1. The summed E-state index contributed by atoms with van der Waals surface area (Å²) < 4.78 is 0. The molecule has 0 spiro atoms. The zero-order valence-corrected chi connectivity index (χ0v) is 10.7. The van der Waals surface area contributed by atoms with Crippen LogP contribution in [-0.2, 0) is 0 Å². The number of hydrogen-bond acceptors (Lipinski definition) is 2. The number of nitrogens with two attached hydrogens (primary N) is 1. The monoisotopic (exact) mass is 212 g/mol. The van der Waals surface area contributed by atoms with Crippen LogP contribution >= 0.6 is 0 Å². The summed E-state index contributed by atoms with van der Waals surface area (Å²) in [7, 11) is 0. The lowest BCUT2D eigenvalue weighted by Crippen LogP contribution is -2.28. The summed E-state index contributed by atoms with van der Waals surface area (Å²) in [6, 6.07) is 0. The number of hydrogen-bond donors (Lipinski definition) is 1. The molecule has 1 unspecified atom stereocenters. The quantitative estimate of drug-likeness (QED) is 0.595. The van der Waals surface area contributed by atoms with E-state index in [2.05, 4.69) is 32.3 Å². The Labute approximate surface area is 95.5 Å². The van der Waals surface area contributed by atoms with E-state index in [4.69, 9.17) is 5.73 Å². The predicted molar refractivity (Wildman–Crippen MR) is 68.9 cm³/mol. The van der Waals surface area contributed by atoms with Gasteiger partial charge in [0.1, 0.15) is 0 Å². The Hall–Kier alpha value is -0.340. The molecule has 0 aliphatic rings. The molecule has 2 heteroatoms. The molecular weight excluding hydrogens is 184 g/mol. The van der Waals surface area contributed by atoms with Crippen molar-refractivity contribution < 1.29 is 0 Å². The molecule has 15 heavy (non-hydrogen) atoms. The van der Waals surface area contributed by atoms with Crippen LogP contribution in [-0.4, -0.2) is 31.1 Å². The van der Waals surface area contributed by atoms with Crippen molar-refractivity contribution in [2.24, 2.45) is 17.6 Å². The van der Waals surface area contributed by atoms with Crippen LogP contribution in [0.1, 0.15) is 33.6 Å². The summed E-state index contributed by atoms with van der Waals surface area (Å²) in [4.78, 5) is 2.41. The van der Waals surface area contributed by atoms with E-state index >= 15 is 0 Å². The van der Waals surface area contributed by atoms with Crippen molar-refractivity contribution in [1.29, 1.82) is 0 Å². The van der Waals surface area contributed by atoms with Gasteiger partial charge in [-0.15, -0.1) is 6.58 Å². The molecule has 0 aliphatic heterocycles. The lowest BCUT2D eigenvalue weighted by Gasteiger charge is -2.23. The Morgan fingerprint density at radius 1 is 1.40 bits per heavy atom. The first-order valence-electron chi connectivity index (χ1n) is 6.17. The molecule has 90 valence electrons. The summed E-state index contributed by atoms with van der Waals surface area (Å²) in [6.45, 7) is 14.6. The first-order valence-corrected chi connectivity index (χ1v) is 6.17. The minimum Gasteiger partial charge on any atom is -0.330 e. The van der Waals surface area contributed by atoms with E-state index in [1.807, 2.05) is 6.08 Å². The summed E-state index contributed by atoms with van der Waals surface area (Å²) in [6.07, 6.45) is 4.45. The van der Waals surface area contributed by atoms with Crippen molar-refractivity contribution in [3.63, 3.8) is 0 Å². The van der Waals surface area contributed by atoms with E-state index in [0.29, 0.717) is 5.92 Å². The van der Waals surface area contributed by atoms with E-state index in [0.717, 1.165) is 32.1 Å². The van der Waals surface area contributed by atoms with E-state index < -0.39 is 0 Å². The second kappa shape index (κ2) is 8.93. The number of rotatable bonds is 9. The fourth-order valence-electron chi connectivity index (χ4n) is 1.92. The first-order chi connectivity index (χ1) is 7.13. The predicted octanol–water partition coefficient (Wildman–Crippen LogP) is 2.51. The minimum atomic E-state index is 0.684. The molecule has 0 bridgehead atoms. The highest BCUT2D eigenvalue weighted by Crippen LogP contribution is 2.14. The maximum absolute atomic E-state index is 5.78. The molecule has 1 atom stereocenters. The molecule has 0 amide bonds. The third-order valence-corrected chi connectivity index (χ3v) is 2.83. The molecular formula is C13H28N2. The molecule has 0 saturated carbocycles. The van der Waals surface area contributed by atoms with Crippen molar-refractivity contribution in [2.75, 3.05) is 26.2 Å². The van der Waals surface area contributed by atoms with Crippen molar-refractivity contribution in [2.45, 2.75) is 33.6 Å². The Balaban J connectivity index is 3.81. The Kier molecular flexibility index (Phi) is 8.73. The third-order valence-electron chi connectivity index (χ3n) is 2.83. The zero-order valence-electron chi connectivity index (χ0n) is 10.7. The summed E-state index contributed by atoms with van der Waals surface area (Å²) in [5.41, 5.74) is 5.78. The molecule has 0 aromatic carbocycles. The average molecular weight is 212 g/mol. The van der Waals surface area contributed by atoms with Crippen molar-refractivity contribution >= 4 is 0 Å². The van der Waals surface area contributed by atoms with Crippen LogP contribution in [0.3, 0.4) is 0 Å². The molecule has 0 heterocycles. The molecule has 2 N–H and O–H groups in total. The van der Waals surface area contributed by atoms with Gasteiger partial charge in [0.05, 0.1) is 0 Å². The normalized spacial score (nSPS) is 13.5. The van der Waals surface area contributed by atoms with E-state index in [1.54, 1.807) is 0 Å². The lowest BCUT2D eigenvalue weighted by atomic mass is 9.94. The van der Waals surface area contributed by atoms with E-state index in [1.165, 1.54) is 12.8 Å². The van der Waals surface area contributed by atoms with Crippen molar-refractivity contribution in [3.8, 4) is 0 Å². The zero-order chi connectivity index (χ0) is 11.7. The highest BCUT2D eigenvalue weighted by Gasteiger charge is 2.10. The van der Waals surface area contributed by atoms with Gasteiger partial charge in [0.15, 0.2) is 0 Å². The van der Waals surface area contributed by atoms with Crippen LogP contribution in [0.15, 0.2) is 12.7 Å². The van der Waals surface area contributed by atoms with Crippen LogP contribution in [0.2, 0.25) is 0 Å². The lowest BCUT2D eigenvalue weighted by molar-refractivity contribution is 0.274. The summed E-state index contributed by atoms with van der Waals surface area (Å²) >= 11 is 0. The van der Waals surface area contributed by atoms with Gasteiger partial charge in [-0.1, -0.05) is 26.8 Å². The Morgan fingerprint density at radius 2 is 2.07 bits per heavy atom. The minimum absolute atomic E-state index is 0.684. The average Bonchev–Trinajstić information content (AvgIpc) is 2.21. The van der Waals surface area contributed by atoms with Crippen LogP contribution in [0.5, 0.6) is 0 Å². The highest BCUT2D eigenvalue weighted by molar-refractivity contribution is 4.74. The second-order valence-corrected chi connectivity index (χ2v) is 4.70. The molecule has 0 saturated heterocycles. The molecule has 0 radical (unpaired) electrons. The molecule has 0 aromatic heterocycles. The van der Waals surface area contributed by atoms with Crippen LogP contribution < -0.4 is 5.73 Å². The maximum atomic E-state index is 5.78. The third kappa shape index (κ3) is 7.57. The van der Waals surface area contributed by atoms with Crippen LogP contribution in [0, 0.1) is 11.8 Å². The van der Waals surface area contributed by atoms with Gasteiger partial charge in [-0.25, -0.2) is 0 Å². The standard InChI is InChI=1S/C13H28N2/c1-5-8-15(6-2)9-7-13(11-14)10-12(3)4/h5,12-13H,1,6-11,14H2,2-4H3. The molecule has 0 fully saturated rings. The highest BCUT2D eigenvalue weighted by atomic mass is 15.1. The molecule has 0 aliphatic carbocycles. The van der Waals surface area contributed by atoms with E-state index in [9.17, 15) is 0 Å². The maximum Gasteiger partial charge on any atom is 0.0160 e. The van der Waals surface area contributed by atoms with E-state index in [-0.39, 0.29) is 0 Å². The van der Waals surface area contributed by atoms with Gasteiger partial charge < -0.3 is 5.73 Å². The first kappa shape index (κ1) is 14.7. The molecule has 0 rings (SSSR count). The van der Waals surface area contributed by atoms with Gasteiger partial charge in [0, 0.05) is 6.54 Å². The summed E-state index contributed by atoms with van der Waals surface area (Å²) in [5.74, 6) is 1.44. The van der Waals surface area contributed by atoms with Crippen molar-refractivity contribution in [3.05, 3.63) is 12.7 Å².